The molecule has 2 aromatic rings. The number of benzene rings is 2. The molecule has 2 heterocycles. The van der Waals surface area contributed by atoms with Gasteiger partial charge in [-0.25, -0.2) is 10.9 Å². The van der Waals surface area contributed by atoms with Crippen LogP contribution in [0.15, 0.2) is 42.5 Å². The fourth-order valence-corrected chi connectivity index (χ4v) is 4.13. The Morgan fingerprint density at radius 2 is 1.61 bits per heavy atom. The van der Waals surface area contributed by atoms with Gasteiger partial charge in [-0.05, 0) is 36.8 Å². The lowest BCUT2D eigenvalue weighted by Gasteiger charge is -2.25. The summed E-state index contributed by atoms with van der Waals surface area (Å²) in [5.41, 5.74) is 8.49. The molecule has 2 aromatic carbocycles. The first kappa shape index (κ1) is 18.6. The normalized spacial score (nSPS) is 25.9. The molecule has 2 aliphatic rings. The van der Waals surface area contributed by atoms with Gasteiger partial charge in [-0.1, -0.05) is 12.1 Å². The zero-order valence-corrected chi connectivity index (χ0v) is 16.2. The van der Waals surface area contributed by atoms with E-state index in [0.717, 1.165) is 16.9 Å². The lowest BCUT2D eigenvalue weighted by molar-refractivity contribution is -0.121. The van der Waals surface area contributed by atoms with E-state index >= 15 is 0 Å². The minimum atomic E-state index is -0.312. The molecule has 4 unspecified atom stereocenters. The van der Waals surface area contributed by atoms with Gasteiger partial charge in [0.1, 0.15) is 23.3 Å². The van der Waals surface area contributed by atoms with E-state index in [9.17, 15) is 4.79 Å². The molecule has 4 rings (SSSR count). The number of fused-ring (bicyclic) bond motifs is 1. The third-order valence-corrected chi connectivity index (χ3v) is 5.46. The van der Waals surface area contributed by atoms with Crippen LogP contribution in [0.25, 0.3) is 0 Å². The van der Waals surface area contributed by atoms with Gasteiger partial charge in [-0.3, -0.25) is 4.79 Å². The van der Waals surface area contributed by atoms with E-state index in [1.54, 1.807) is 14.2 Å². The quantitative estimate of drug-likeness (QED) is 0.709. The second-order valence-electron chi connectivity index (χ2n) is 6.92. The summed E-state index contributed by atoms with van der Waals surface area (Å²) in [6, 6.07) is 13.2. The molecular weight excluding hydrogens is 358 g/mol. The highest BCUT2D eigenvalue weighted by Crippen LogP contribution is 2.45. The molecule has 7 heteroatoms. The van der Waals surface area contributed by atoms with Gasteiger partial charge in [0.05, 0.1) is 32.9 Å². The topological polar surface area (TPSA) is 80.9 Å². The maximum Gasteiger partial charge on any atom is 0.239 e. The lowest BCUT2D eigenvalue weighted by Crippen LogP contribution is -2.39. The smallest absolute Gasteiger partial charge is 0.239 e. The Morgan fingerprint density at radius 1 is 0.893 bits per heavy atom. The van der Waals surface area contributed by atoms with Gasteiger partial charge < -0.3 is 19.5 Å². The second-order valence-corrected chi connectivity index (χ2v) is 6.92. The molecule has 4 atom stereocenters. The monoisotopic (exact) mass is 383 g/mol. The van der Waals surface area contributed by atoms with Gasteiger partial charge in [0.2, 0.25) is 5.91 Å². The van der Waals surface area contributed by atoms with E-state index in [1.165, 1.54) is 0 Å². The van der Waals surface area contributed by atoms with Gasteiger partial charge in [0.15, 0.2) is 0 Å². The van der Waals surface area contributed by atoms with Gasteiger partial charge in [-0.15, -0.1) is 0 Å². The third-order valence-electron chi connectivity index (χ3n) is 5.46. The summed E-state index contributed by atoms with van der Waals surface area (Å²) in [5.74, 6) is 2.22. The van der Waals surface area contributed by atoms with Crippen LogP contribution in [0.1, 0.15) is 30.1 Å². The lowest BCUT2D eigenvalue weighted by atomic mass is 9.83. The molecule has 2 aliphatic heterocycles. The fraction of sp³-hybridized carbons (Fsp3) is 0.381. The van der Waals surface area contributed by atoms with Crippen molar-refractivity contribution in [3.8, 4) is 17.2 Å². The summed E-state index contributed by atoms with van der Waals surface area (Å²) in [6.07, 6.45) is 0. The molecule has 0 bridgehead atoms. The van der Waals surface area contributed by atoms with E-state index in [1.807, 2.05) is 49.4 Å². The fourth-order valence-electron chi connectivity index (χ4n) is 4.13. The summed E-state index contributed by atoms with van der Waals surface area (Å²) in [7, 11) is 3.25. The van der Waals surface area contributed by atoms with Crippen molar-refractivity contribution in [2.24, 2.45) is 5.92 Å². The second kappa shape index (κ2) is 7.69. The zero-order valence-electron chi connectivity index (χ0n) is 16.2. The summed E-state index contributed by atoms with van der Waals surface area (Å²) in [5, 5.41) is 3.13. The van der Waals surface area contributed by atoms with Crippen LogP contribution in [0.5, 0.6) is 17.2 Å². The van der Waals surface area contributed by atoms with Crippen molar-refractivity contribution in [2.75, 3.05) is 20.8 Å². The van der Waals surface area contributed by atoms with Gasteiger partial charge >= 0.3 is 0 Å². The predicted molar refractivity (Wildman–Crippen MR) is 104 cm³/mol. The molecule has 2 fully saturated rings. The Kier molecular flexibility index (Phi) is 5.11. The van der Waals surface area contributed by atoms with Crippen LogP contribution in [-0.4, -0.2) is 32.8 Å². The molecule has 2 saturated heterocycles. The van der Waals surface area contributed by atoms with Crippen LogP contribution in [-0.2, 0) is 4.79 Å². The number of hydrogen-bond acceptors (Lipinski definition) is 6. The van der Waals surface area contributed by atoms with Crippen molar-refractivity contribution in [1.29, 1.82) is 0 Å². The molecule has 3 N–H and O–H groups in total. The van der Waals surface area contributed by atoms with E-state index in [4.69, 9.17) is 14.2 Å². The predicted octanol–water partition coefficient (Wildman–Crippen LogP) is 2.11. The molecule has 0 aromatic heterocycles. The molecular formula is C21H25N3O4. The summed E-state index contributed by atoms with van der Waals surface area (Å²) in [4.78, 5) is 12.6. The van der Waals surface area contributed by atoms with Crippen molar-refractivity contribution in [1.82, 2.24) is 16.2 Å². The Hall–Kier alpha value is -2.77. The van der Waals surface area contributed by atoms with Gasteiger partial charge in [0.25, 0.3) is 0 Å². The Bertz CT molecular complexity index is 855. The van der Waals surface area contributed by atoms with Crippen molar-refractivity contribution in [2.45, 2.75) is 25.0 Å². The highest BCUT2D eigenvalue weighted by molar-refractivity contribution is 5.86. The average Bonchev–Trinajstić information content (AvgIpc) is 3.30. The van der Waals surface area contributed by atoms with E-state index in [2.05, 4.69) is 16.2 Å². The molecule has 7 nitrogen and oxygen atoms in total. The average molecular weight is 383 g/mol. The maximum atomic E-state index is 12.6. The Morgan fingerprint density at radius 3 is 2.29 bits per heavy atom. The highest BCUT2D eigenvalue weighted by Gasteiger charge is 2.52. The number of hydrogen-bond donors (Lipinski definition) is 3. The first-order chi connectivity index (χ1) is 13.7. The van der Waals surface area contributed by atoms with Crippen LogP contribution in [0.4, 0.5) is 0 Å². The molecule has 0 radical (unpaired) electrons. The molecule has 28 heavy (non-hydrogen) atoms. The first-order valence-corrected chi connectivity index (χ1v) is 9.42. The van der Waals surface area contributed by atoms with Crippen LogP contribution < -0.4 is 30.4 Å². The van der Waals surface area contributed by atoms with Gasteiger partial charge in [0, 0.05) is 17.5 Å². The zero-order chi connectivity index (χ0) is 19.7. The minimum absolute atomic E-state index is 0.00672. The van der Waals surface area contributed by atoms with Crippen LogP contribution in [0.2, 0.25) is 0 Å². The number of rotatable bonds is 6. The standard InChI is InChI=1S/C21H25N3O4/c1-4-28-13-7-5-12(6-8-13)18-17-19(22-21(25)20(17)24-23-18)15-10-9-14(26-2)11-16(15)27-3/h5-11,17-20,23-24H,4H2,1-3H3,(H,22,25). The van der Waals surface area contributed by atoms with Crippen LogP contribution in [0, 0.1) is 5.92 Å². The Labute approximate surface area is 164 Å². The van der Waals surface area contributed by atoms with Crippen molar-refractivity contribution >= 4 is 5.91 Å². The Balaban J connectivity index is 1.67. The summed E-state index contributed by atoms with van der Waals surface area (Å²) in [6.45, 7) is 2.59. The molecule has 0 spiro atoms. The van der Waals surface area contributed by atoms with Crippen molar-refractivity contribution in [3.05, 3.63) is 53.6 Å². The number of nitrogens with one attached hydrogen (secondary N) is 3. The number of methoxy groups -OCH3 is 2. The number of hydrazine groups is 1. The van der Waals surface area contributed by atoms with E-state index in [0.29, 0.717) is 18.1 Å². The minimum Gasteiger partial charge on any atom is -0.497 e. The SMILES string of the molecule is CCOc1ccc(C2NNC3C(=O)NC(c4ccc(OC)cc4OC)C32)cc1. The van der Waals surface area contributed by atoms with E-state index in [-0.39, 0.29) is 30.0 Å². The molecule has 148 valence electrons. The number of carbonyl (C=O) groups excluding carboxylic acids is 1. The number of carbonyl (C=O) groups is 1. The third kappa shape index (κ3) is 3.16. The van der Waals surface area contributed by atoms with Crippen LogP contribution in [0.3, 0.4) is 0 Å². The van der Waals surface area contributed by atoms with E-state index < -0.39 is 0 Å². The van der Waals surface area contributed by atoms with Crippen LogP contribution >= 0.6 is 0 Å². The van der Waals surface area contributed by atoms with Crippen molar-refractivity contribution < 1.29 is 19.0 Å². The number of amides is 1. The van der Waals surface area contributed by atoms with Crippen molar-refractivity contribution in [3.63, 3.8) is 0 Å². The summed E-state index contributed by atoms with van der Waals surface area (Å²) < 4.78 is 16.4. The first-order valence-electron chi connectivity index (χ1n) is 9.42. The molecule has 0 aliphatic carbocycles. The molecule has 1 amide bonds. The maximum absolute atomic E-state index is 12.6. The number of ether oxygens (including phenoxy) is 3. The van der Waals surface area contributed by atoms with Gasteiger partial charge in [-0.2, -0.15) is 0 Å². The largest absolute Gasteiger partial charge is 0.497 e. The highest BCUT2D eigenvalue weighted by atomic mass is 16.5. The summed E-state index contributed by atoms with van der Waals surface area (Å²) >= 11 is 0. The molecule has 0 saturated carbocycles.